The number of nitrogens with zero attached hydrogens (tertiary/aromatic N) is 1. The van der Waals surface area contributed by atoms with Gasteiger partial charge in [-0.15, -0.1) is 0 Å². The largest absolute Gasteiger partial charge is 0.317 e. The minimum atomic E-state index is 0.527. The summed E-state index contributed by atoms with van der Waals surface area (Å²) in [4.78, 5) is 4.04. The van der Waals surface area contributed by atoms with Crippen LogP contribution >= 0.6 is 0 Å². The van der Waals surface area contributed by atoms with E-state index in [0.717, 1.165) is 6.42 Å². The first kappa shape index (κ1) is 8.21. The molecule has 0 aromatic carbocycles. The van der Waals surface area contributed by atoms with Gasteiger partial charge in [-0.1, -0.05) is 6.07 Å². The number of nitrogens with one attached hydrogen (secondary N) is 1. The maximum absolute atomic E-state index is 4.04. The fourth-order valence-corrected chi connectivity index (χ4v) is 0.974. The molecule has 0 spiro atoms. The Bertz CT molecular complexity index is 196. The van der Waals surface area contributed by atoms with Gasteiger partial charge in [0, 0.05) is 18.4 Å². The van der Waals surface area contributed by atoms with Crippen LogP contribution in [0, 0.1) is 0 Å². The predicted octanol–water partition coefficient (Wildman–Crippen LogP) is 1.23. The molecule has 0 saturated heterocycles. The van der Waals surface area contributed by atoms with Crippen molar-refractivity contribution in [1.29, 1.82) is 0 Å². The summed E-state index contributed by atoms with van der Waals surface area (Å²) in [6, 6.07) is 4.60. The molecule has 1 unspecified atom stereocenters. The summed E-state index contributed by atoms with van der Waals surface area (Å²) < 4.78 is 0. The minimum absolute atomic E-state index is 0.527. The maximum atomic E-state index is 4.04. The van der Waals surface area contributed by atoms with Crippen molar-refractivity contribution in [3.63, 3.8) is 0 Å². The van der Waals surface area contributed by atoms with Crippen LogP contribution in [0.2, 0.25) is 0 Å². The lowest BCUT2D eigenvalue weighted by Gasteiger charge is -2.08. The molecule has 2 nitrogen and oxygen atoms in total. The lowest BCUT2D eigenvalue weighted by Crippen LogP contribution is -2.23. The Labute approximate surface area is 67.7 Å². The summed E-state index contributed by atoms with van der Waals surface area (Å²) in [5.41, 5.74) is 1.29. The summed E-state index contributed by atoms with van der Waals surface area (Å²) in [6.07, 6.45) is 4.76. The normalized spacial score (nSPS) is 12.9. The molecule has 0 aliphatic heterocycles. The zero-order chi connectivity index (χ0) is 8.10. The number of aromatic nitrogens is 1. The quantitative estimate of drug-likeness (QED) is 0.701. The fraction of sp³-hybridized carbons (Fsp3) is 0.444. The van der Waals surface area contributed by atoms with E-state index >= 15 is 0 Å². The van der Waals surface area contributed by atoms with Crippen molar-refractivity contribution in [3.8, 4) is 0 Å². The van der Waals surface area contributed by atoms with Crippen molar-refractivity contribution >= 4 is 0 Å². The van der Waals surface area contributed by atoms with Crippen LogP contribution in [-0.2, 0) is 6.42 Å². The monoisotopic (exact) mass is 150 g/mol. The first-order valence-electron chi connectivity index (χ1n) is 3.89. The molecule has 0 bridgehead atoms. The highest BCUT2D eigenvalue weighted by Gasteiger charge is 1.98. The molecule has 1 N–H and O–H groups in total. The Morgan fingerprint density at radius 2 is 2.45 bits per heavy atom. The molecule has 0 fully saturated rings. The smallest absolute Gasteiger partial charge is 0.0300 e. The minimum Gasteiger partial charge on any atom is -0.317 e. The molecule has 0 radical (unpaired) electrons. The molecule has 1 aromatic rings. The zero-order valence-corrected chi connectivity index (χ0v) is 7.04. The second kappa shape index (κ2) is 4.09. The molecule has 11 heavy (non-hydrogen) atoms. The van der Waals surface area contributed by atoms with Crippen LogP contribution in [-0.4, -0.2) is 18.1 Å². The van der Waals surface area contributed by atoms with Gasteiger partial charge >= 0.3 is 0 Å². The number of hydrogen-bond donors (Lipinski definition) is 1. The summed E-state index contributed by atoms with van der Waals surface area (Å²) in [6.45, 7) is 2.16. The second-order valence-corrected chi connectivity index (χ2v) is 2.76. The number of pyridine rings is 1. The molecule has 0 saturated carbocycles. The first-order valence-corrected chi connectivity index (χ1v) is 3.89. The fourth-order valence-electron chi connectivity index (χ4n) is 0.974. The molecule has 0 aliphatic rings. The highest BCUT2D eigenvalue weighted by molar-refractivity contribution is 5.09. The highest BCUT2D eigenvalue weighted by Crippen LogP contribution is 1.99. The molecule has 0 aliphatic carbocycles. The van der Waals surface area contributed by atoms with Gasteiger partial charge in [-0.05, 0) is 32.0 Å². The molecule has 1 atom stereocenters. The van der Waals surface area contributed by atoms with Gasteiger partial charge in [0.05, 0.1) is 0 Å². The van der Waals surface area contributed by atoms with Gasteiger partial charge in [-0.3, -0.25) is 4.98 Å². The molecular formula is C9H14N2. The molecule has 0 amide bonds. The van der Waals surface area contributed by atoms with Crippen molar-refractivity contribution in [2.75, 3.05) is 7.05 Å². The number of hydrogen-bond acceptors (Lipinski definition) is 2. The summed E-state index contributed by atoms with van der Waals surface area (Å²) in [5, 5.41) is 3.19. The van der Waals surface area contributed by atoms with Gasteiger partial charge in [0.15, 0.2) is 0 Å². The lowest BCUT2D eigenvalue weighted by molar-refractivity contribution is 0.607. The standard InChI is InChI=1S/C9H14N2/c1-8(10-2)6-9-4-3-5-11-7-9/h3-5,7-8,10H,6H2,1-2H3. The van der Waals surface area contributed by atoms with Crippen LogP contribution in [0.15, 0.2) is 24.5 Å². The average molecular weight is 150 g/mol. The Morgan fingerprint density at radius 1 is 1.64 bits per heavy atom. The van der Waals surface area contributed by atoms with Gasteiger partial charge in [-0.2, -0.15) is 0 Å². The third-order valence-electron chi connectivity index (χ3n) is 1.76. The van der Waals surface area contributed by atoms with Crippen LogP contribution in [0.4, 0.5) is 0 Å². The molecule has 60 valence electrons. The second-order valence-electron chi connectivity index (χ2n) is 2.76. The number of rotatable bonds is 3. The van der Waals surface area contributed by atoms with E-state index in [0.29, 0.717) is 6.04 Å². The predicted molar refractivity (Wildman–Crippen MR) is 46.5 cm³/mol. The van der Waals surface area contributed by atoms with Crippen molar-refractivity contribution in [3.05, 3.63) is 30.1 Å². The highest BCUT2D eigenvalue weighted by atomic mass is 14.8. The maximum Gasteiger partial charge on any atom is 0.0300 e. The van der Waals surface area contributed by atoms with Crippen LogP contribution in [0.25, 0.3) is 0 Å². The lowest BCUT2D eigenvalue weighted by atomic mass is 10.1. The molecule has 1 aromatic heterocycles. The molecule has 2 heteroatoms. The van der Waals surface area contributed by atoms with Gasteiger partial charge in [-0.25, -0.2) is 0 Å². The Kier molecular flexibility index (Phi) is 3.05. The van der Waals surface area contributed by atoms with Gasteiger partial charge in [0.2, 0.25) is 0 Å². The Balaban J connectivity index is 2.51. The Hall–Kier alpha value is -0.890. The van der Waals surface area contributed by atoms with Crippen LogP contribution < -0.4 is 5.32 Å². The molecule has 1 heterocycles. The Morgan fingerprint density at radius 3 is 3.00 bits per heavy atom. The SMILES string of the molecule is CNC(C)Cc1cccnc1. The molecule has 1 rings (SSSR count). The summed E-state index contributed by atoms with van der Waals surface area (Å²) >= 11 is 0. The van der Waals surface area contributed by atoms with Crippen molar-refractivity contribution < 1.29 is 0 Å². The van der Waals surface area contributed by atoms with E-state index in [1.807, 2.05) is 19.3 Å². The van der Waals surface area contributed by atoms with E-state index in [1.165, 1.54) is 5.56 Å². The van der Waals surface area contributed by atoms with E-state index in [9.17, 15) is 0 Å². The summed E-state index contributed by atoms with van der Waals surface area (Å²) in [7, 11) is 1.97. The third-order valence-corrected chi connectivity index (χ3v) is 1.76. The topological polar surface area (TPSA) is 24.9 Å². The first-order chi connectivity index (χ1) is 5.33. The van der Waals surface area contributed by atoms with Crippen molar-refractivity contribution in [2.24, 2.45) is 0 Å². The number of likely N-dealkylation sites (N-methyl/N-ethyl adjacent to an activating group) is 1. The van der Waals surface area contributed by atoms with E-state index in [1.54, 1.807) is 6.20 Å². The average Bonchev–Trinajstić information content (AvgIpc) is 2.06. The van der Waals surface area contributed by atoms with Gasteiger partial charge in [0.1, 0.15) is 0 Å². The van der Waals surface area contributed by atoms with E-state index in [2.05, 4.69) is 23.3 Å². The van der Waals surface area contributed by atoms with Crippen molar-refractivity contribution in [1.82, 2.24) is 10.3 Å². The van der Waals surface area contributed by atoms with Crippen molar-refractivity contribution in [2.45, 2.75) is 19.4 Å². The van der Waals surface area contributed by atoms with Crippen LogP contribution in [0.1, 0.15) is 12.5 Å². The van der Waals surface area contributed by atoms with E-state index < -0.39 is 0 Å². The van der Waals surface area contributed by atoms with E-state index in [4.69, 9.17) is 0 Å². The third kappa shape index (κ3) is 2.68. The summed E-state index contributed by atoms with van der Waals surface area (Å²) in [5.74, 6) is 0. The van der Waals surface area contributed by atoms with Crippen LogP contribution in [0.3, 0.4) is 0 Å². The van der Waals surface area contributed by atoms with E-state index in [-0.39, 0.29) is 0 Å². The molecular weight excluding hydrogens is 136 g/mol. The van der Waals surface area contributed by atoms with Crippen LogP contribution in [0.5, 0.6) is 0 Å². The van der Waals surface area contributed by atoms with Gasteiger partial charge in [0.25, 0.3) is 0 Å². The van der Waals surface area contributed by atoms with Gasteiger partial charge < -0.3 is 5.32 Å². The zero-order valence-electron chi connectivity index (χ0n) is 7.04.